The number of ketones is 1. The fourth-order valence-corrected chi connectivity index (χ4v) is 2.51. The molecule has 1 aromatic heterocycles. The Hall–Kier alpha value is -1.51. The lowest BCUT2D eigenvalue weighted by molar-refractivity contribution is -0.114. The van der Waals surface area contributed by atoms with Gasteiger partial charge < -0.3 is 0 Å². The zero-order valence-electron chi connectivity index (χ0n) is 13.9. The molecule has 0 bridgehead atoms. The van der Waals surface area contributed by atoms with Crippen LogP contribution < -0.4 is 0 Å². The quantitative estimate of drug-likeness (QED) is 0.636. The third kappa shape index (κ3) is 5.78. The maximum Gasteiger partial charge on any atom is 0.155 e. The Bertz CT molecular complexity index is 459. The molecule has 3 heteroatoms. The second-order valence-corrected chi connectivity index (χ2v) is 5.49. The zero-order chi connectivity index (χ0) is 15.7. The van der Waals surface area contributed by atoms with E-state index >= 15 is 0 Å². The highest BCUT2D eigenvalue weighted by atomic mass is 16.1. The zero-order valence-corrected chi connectivity index (χ0v) is 13.9. The van der Waals surface area contributed by atoms with Crippen LogP contribution in [0.25, 0.3) is 0 Å². The van der Waals surface area contributed by atoms with Gasteiger partial charge in [-0.2, -0.15) is 0 Å². The van der Waals surface area contributed by atoms with E-state index in [-0.39, 0.29) is 5.78 Å². The molecule has 0 atom stereocenters. The number of aromatic nitrogens is 2. The van der Waals surface area contributed by atoms with Gasteiger partial charge in [-0.05, 0) is 36.8 Å². The van der Waals surface area contributed by atoms with Gasteiger partial charge in [-0.25, -0.2) is 9.97 Å². The predicted molar refractivity (Wildman–Crippen MR) is 87.2 cm³/mol. The molecule has 1 heterocycles. The maximum absolute atomic E-state index is 11.8. The highest BCUT2D eigenvalue weighted by Crippen LogP contribution is 2.22. The lowest BCUT2D eigenvalue weighted by atomic mass is 9.90. The molecular formula is C18H28N2O. The summed E-state index contributed by atoms with van der Waals surface area (Å²) in [6.45, 7) is 8.39. The number of carbonyl (C=O) groups excluding carboxylic acids is 1. The minimum absolute atomic E-state index is 0.194. The van der Waals surface area contributed by atoms with E-state index in [1.807, 2.05) is 25.4 Å². The van der Waals surface area contributed by atoms with E-state index in [4.69, 9.17) is 0 Å². The highest BCUT2D eigenvalue weighted by Gasteiger charge is 2.14. The van der Waals surface area contributed by atoms with Crippen molar-refractivity contribution in [1.29, 1.82) is 0 Å². The molecule has 1 aromatic rings. The normalized spacial score (nSPS) is 12.0. The monoisotopic (exact) mass is 288 g/mol. The van der Waals surface area contributed by atoms with Crippen LogP contribution in [0, 0.1) is 5.92 Å². The minimum Gasteiger partial charge on any atom is -0.295 e. The van der Waals surface area contributed by atoms with E-state index in [1.54, 1.807) is 0 Å². The largest absolute Gasteiger partial charge is 0.295 e. The predicted octanol–water partition coefficient (Wildman–Crippen LogP) is 4.31. The van der Waals surface area contributed by atoms with E-state index in [0.29, 0.717) is 18.8 Å². The molecule has 0 aromatic carbocycles. The van der Waals surface area contributed by atoms with Gasteiger partial charge in [0.05, 0.1) is 0 Å². The van der Waals surface area contributed by atoms with Crippen LogP contribution in [-0.4, -0.2) is 15.8 Å². The first-order valence-electron chi connectivity index (χ1n) is 8.17. The minimum atomic E-state index is 0.194. The number of carbonyl (C=O) groups is 1. The summed E-state index contributed by atoms with van der Waals surface area (Å²) in [5.74, 6) is 1.45. The summed E-state index contributed by atoms with van der Waals surface area (Å²) in [6, 6.07) is 0. The van der Waals surface area contributed by atoms with Gasteiger partial charge in [-0.15, -0.1) is 0 Å². The van der Waals surface area contributed by atoms with Crippen LogP contribution in [0.3, 0.4) is 0 Å². The van der Waals surface area contributed by atoms with Gasteiger partial charge in [0.2, 0.25) is 0 Å². The number of aryl methyl sites for hydroxylation is 1. The molecule has 3 nitrogen and oxygen atoms in total. The lowest BCUT2D eigenvalue weighted by Gasteiger charge is -2.16. The summed E-state index contributed by atoms with van der Waals surface area (Å²) in [6.07, 6.45) is 11.1. The Morgan fingerprint density at radius 2 is 1.76 bits per heavy atom. The molecule has 0 aliphatic carbocycles. The SMILES string of the molecule is CCCc1cnc(C/C(=C/C(=O)CC)C(CC)CC)nc1. The van der Waals surface area contributed by atoms with E-state index in [9.17, 15) is 4.79 Å². The molecule has 116 valence electrons. The summed E-state index contributed by atoms with van der Waals surface area (Å²) in [5, 5.41) is 0. The summed E-state index contributed by atoms with van der Waals surface area (Å²) < 4.78 is 0. The van der Waals surface area contributed by atoms with Crippen molar-refractivity contribution in [3.8, 4) is 0 Å². The van der Waals surface area contributed by atoms with Crippen molar-refractivity contribution in [2.75, 3.05) is 0 Å². The van der Waals surface area contributed by atoms with Gasteiger partial charge in [0.25, 0.3) is 0 Å². The fourth-order valence-electron chi connectivity index (χ4n) is 2.51. The molecule has 0 unspecified atom stereocenters. The van der Waals surface area contributed by atoms with Crippen LogP contribution in [0.15, 0.2) is 24.0 Å². The van der Waals surface area contributed by atoms with Crippen molar-refractivity contribution in [1.82, 2.24) is 9.97 Å². The van der Waals surface area contributed by atoms with Crippen molar-refractivity contribution >= 4 is 5.78 Å². The summed E-state index contributed by atoms with van der Waals surface area (Å²) >= 11 is 0. The van der Waals surface area contributed by atoms with Crippen LogP contribution in [0.1, 0.15) is 64.8 Å². The number of hydrogen-bond donors (Lipinski definition) is 0. The summed E-state index contributed by atoms with van der Waals surface area (Å²) in [7, 11) is 0. The van der Waals surface area contributed by atoms with Gasteiger partial charge in [0.15, 0.2) is 5.78 Å². The fraction of sp³-hybridized carbons (Fsp3) is 0.611. The number of rotatable bonds is 9. The summed E-state index contributed by atoms with van der Waals surface area (Å²) in [4.78, 5) is 20.7. The Labute approximate surface area is 128 Å². The van der Waals surface area contributed by atoms with Crippen LogP contribution in [-0.2, 0) is 17.6 Å². The van der Waals surface area contributed by atoms with Crippen LogP contribution in [0.2, 0.25) is 0 Å². The lowest BCUT2D eigenvalue weighted by Crippen LogP contribution is -2.09. The molecule has 0 saturated heterocycles. The van der Waals surface area contributed by atoms with Crippen molar-refractivity contribution in [2.24, 2.45) is 5.92 Å². The van der Waals surface area contributed by atoms with Gasteiger partial charge in [0, 0.05) is 25.2 Å². The molecule has 1 rings (SSSR count). The van der Waals surface area contributed by atoms with Gasteiger partial charge >= 0.3 is 0 Å². The smallest absolute Gasteiger partial charge is 0.155 e. The third-order valence-corrected chi connectivity index (χ3v) is 3.86. The molecular weight excluding hydrogens is 260 g/mol. The number of hydrogen-bond acceptors (Lipinski definition) is 3. The van der Waals surface area contributed by atoms with Gasteiger partial charge in [-0.3, -0.25) is 4.79 Å². The van der Waals surface area contributed by atoms with Gasteiger partial charge in [0.1, 0.15) is 5.82 Å². The standard InChI is InChI=1S/C18H28N2O/c1-5-9-14-12-19-18(20-13-14)11-16(10-17(21)8-4)15(6-2)7-3/h10,12-13,15H,5-9,11H2,1-4H3/b16-10-. The number of nitrogens with zero attached hydrogens (tertiary/aromatic N) is 2. The van der Waals surface area contributed by atoms with E-state index in [1.165, 1.54) is 11.1 Å². The Balaban J connectivity index is 2.89. The maximum atomic E-state index is 11.8. The molecule has 0 N–H and O–H groups in total. The summed E-state index contributed by atoms with van der Waals surface area (Å²) in [5.41, 5.74) is 2.36. The molecule has 0 radical (unpaired) electrons. The average molecular weight is 288 g/mol. The Kier molecular flexibility index (Phi) is 7.88. The topological polar surface area (TPSA) is 42.9 Å². The molecule has 0 fully saturated rings. The van der Waals surface area contributed by atoms with Crippen LogP contribution in [0.5, 0.6) is 0 Å². The second-order valence-electron chi connectivity index (χ2n) is 5.49. The number of allylic oxidation sites excluding steroid dienone is 2. The second kappa shape index (κ2) is 9.43. The Morgan fingerprint density at radius 3 is 2.24 bits per heavy atom. The van der Waals surface area contributed by atoms with Crippen LogP contribution in [0.4, 0.5) is 0 Å². The van der Waals surface area contributed by atoms with Crippen molar-refractivity contribution in [2.45, 2.75) is 66.2 Å². The average Bonchev–Trinajstić information content (AvgIpc) is 2.50. The first-order valence-corrected chi connectivity index (χ1v) is 8.17. The molecule has 0 aliphatic heterocycles. The first-order chi connectivity index (χ1) is 10.1. The van der Waals surface area contributed by atoms with Crippen molar-refractivity contribution < 1.29 is 4.79 Å². The van der Waals surface area contributed by atoms with Crippen LogP contribution >= 0.6 is 0 Å². The van der Waals surface area contributed by atoms with E-state index < -0.39 is 0 Å². The van der Waals surface area contributed by atoms with Crippen molar-refractivity contribution in [3.63, 3.8) is 0 Å². The van der Waals surface area contributed by atoms with Gasteiger partial charge in [-0.1, -0.05) is 39.7 Å². The first kappa shape index (κ1) is 17.5. The molecule has 0 saturated carbocycles. The highest BCUT2D eigenvalue weighted by molar-refractivity contribution is 5.90. The molecule has 0 amide bonds. The van der Waals surface area contributed by atoms with E-state index in [2.05, 4.69) is 30.7 Å². The molecule has 0 aliphatic rings. The molecule has 21 heavy (non-hydrogen) atoms. The van der Waals surface area contributed by atoms with E-state index in [0.717, 1.165) is 31.5 Å². The van der Waals surface area contributed by atoms with Crippen molar-refractivity contribution in [3.05, 3.63) is 35.4 Å². The Morgan fingerprint density at radius 1 is 1.14 bits per heavy atom. The third-order valence-electron chi connectivity index (χ3n) is 3.86. The molecule has 0 spiro atoms.